The largest absolute Gasteiger partial charge is 0.480 e. The van der Waals surface area contributed by atoms with Gasteiger partial charge in [-0.3, -0.25) is 9.59 Å². The van der Waals surface area contributed by atoms with Gasteiger partial charge in [0.1, 0.15) is 12.4 Å². The van der Waals surface area contributed by atoms with Gasteiger partial charge in [-0.2, -0.15) is 0 Å². The van der Waals surface area contributed by atoms with Gasteiger partial charge in [-0.05, 0) is 18.2 Å². The summed E-state index contributed by atoms with van der Waals surface area (Å²) < 4.78 is 13.1. The number of hydrogen-bond acceptors (Lipinski definition) is 3. The standard InChI is InChI=1S/C12H13FN2O3/c1-2-5-15(7-11(16)17)12(18)9-6-8(13)3-4-10(9)14/h2-4,6H,1,5,7,14H2,(H,16,17). The fourth-order valence-corrected chi connectivity index (χ4v) is 1.42. The van der Waals surface area contributed by atoms with Gasteiger partial charge >= 0.3 is 5.97 Å². The Morgan fingerprint density at radius 1 is 1.50 bits per heavy atom. The quantitative estimate of drug-likeness (QED) is 0.607. The van der Waals surface area contributed by atoms with E-state index in [-0.39, 0.29) is 17.8 Å². The molecule has 1 rings (SSSR count). The smallest absolute Gasteiger partial charge is 0.323 e. The number of nitrogen functional groups attached to an aromatic ring is 1. The van der Waals surface area contributed by atoms with Gasteiger partial charge in [0.15, 0.2) is 0 Å². The van der Waals surface area contributed by atoms with Gasteiger partial charge in [0.05, 0.1) is 5.56 Å². The molecule has 0 saturated carbocycles. The van der Waals surface area contributed by atoms with Gasteiger partial charge in [-0.1, -0.05) is 6.08 Å². The second-order valence-electron chi connectivity index (χ2n) is 3.60. The number of amides is 1. The number of carbonyl (C=O) groups is 2. The summed E-state index contributed by atoms with van der Waals surface area (Å²) in [5.41, 5.74) is 5.61. The Morgan fingerprint density at radius 2 is 2.17 bits per heavy atom. The van der Waals surface area contributed by atoms with Crippen molar-refractivity contribution in [1.29, 1.82) is 0 Å². The molecule has 3 N–H and O–H groups in total. The topological polar surface area (TPSA) is 83.6 Å². The molecule has 1 aromatic carbocycles. The van der Waals surface area contributed by atoms with Crippen molar-refractivity contribution in [2.24, 2.45) is 0 Å². The number of carboxylic acids is 1. The van der Waals surface area contributed by atoms with Crippen molar-refractivity contribution in [2.75, 3.05) is 18.8 Å². The van der Waals surface area contributed by atoms with E-state index < -0.39 is 24.2 Å². The highest BCUT2D eigenvalue weighted by molar-refractivity contribution is 6.00. The molecule has 0 saturated heterocycles. The first-order valence-electron chi connectivity index (χ1n) is 5.12. The van der Waals surface area contributed by atoms with Crippen molar-refractivity contribution in [2.45, 2.75) is 0 Å². The van der Waals surface area contributed by atoms with Crippen LogP contribution in [0.5, 0.6) is 0 Å². The predicted octanol–water partition coefficient (Wildman–Crippen LogP) is 1.12. The molecule has 96 valence electrons. The Bertz CT molecular complexity index is 488. The van der Waals surface area contributed by atoms with Crippen molar-refractivity contribution in [1.82, 2.24) is 4.90 Å². The molecule has 18 heavy (non-hydrogen) atoms. The molecule has 0 unspecified atom stereocenters. The first kappa shape index (κ1) is 13.7. The molecule has 1 aromatic rings. The molecule has 0 bridgehead atoms. The summed E-state index contributed by atoms with van der Waals surface area (Å²) in [7, 11) is 0. The van der Waals surface area contributed by atoms with E-state index in [2.05, 4.69) is 6.58 Å². The highest BCUT2D eigenvalue weighted by Crippen LogP contribution is 2.15. The summed E-state index contributed by atoms with van der Waals surface area (Å²) in [5.74, 6) is -2.42. The summed E-state index contributed by atoms with van der Waals surface area (Å²) in [6.07, 6.45) is 1.39. The van der Waals surface area contributed by atoms with Crippen LogP contribution in [-0.2, 0) is 4.79 Å². The third kappa shape index (κ3) is 3.31. The van der Waals surface area contributed by atoms with Crippen LogP contribution in [0.3, 0.4) is 0 Å². The average Bonchev–Trinajstić information content (AvgIpc) is 2.30. The first-order chi connectivity index (χ1) is 8.45. The normalized spacial score (nSPS) is 9.83. The molecule has 0 heterocycles. The third-order valence-electron chi connectivity index (χ3n) is 2.21. The van der Waals surface area contributed by atoms with Gasteiger partial charge in [0, 0.05) is 12.2 Å². The van der Waals surface area contributed by atoms with E-state index in [1.165, 1.54) is 12.1 Å². The van der Waals surface area contributed by atoms with E-state index >= 15 is 0 Å². The first-order valence-corrected chi connectivity index (χ1v) is 5.12. The Kier molecular flexibility index (Phi) is 4.42. The van der Waals surface area contributed by atoms with Gasteiger partial charge in [-0.25, -0.2) is 4.39 Å². The predicted molar refractivity (Wildman–Crippen MR) is 64.5 cm³/mol. The third-order valence-corrected chi connectivity index (χ3v) is 2.21. The summed E-state index contributed by atoms with van der Waals surface area (Å²) >= 11 is 0. The number of hydrogen-bond donors (Lipinski definition) is 2. The van der Waals surface area contributed by atoms with Crippen LogP contribution in [0.2, 0.25) is 0 Å². The monoisotopic (exact) mass is 252 g/mol. The lowest BCUT2D eigenvalue weighted by Gasteiger charge is -2.19. The number of halogens is 1. The van der Waals surface area contributed by atoms with Crippen molar-refractivity contribution >= 4 is 17.6 Å². The maximum Gasteiger partial charge on any atom is 0.323 e. The number of aliphatic carboxylic acids is 1. The lowest BCUT2D eigenvalue weighted by atomic mass is 10.1. The van der Waals surface area contributed by atoms with E-state index in [0.717, 1.165) is 17.0 Å². The SMILES string of the molecule is C=CCN(CC(=O)O)C(=O)c1cc(F)ccc1N. The fraction of sp³-hybridized carbons (Fsp3) is 0.167. The summed E-state index contributed by atoms with van der Waals surface area (Å²) in [4.78, 5) is 23.7. The maximum atomic E-state index is 13.1. The van der Waals surface area contributed by atoms with Gasteiger partial charge in [0.25, 0.3) is 5.91 Å². The van der Waals surface area contributed by atoms with Crippen LogP contribution < -0.4 is 5.73 Å². The number of carboxylic acid groups (broad SMARTS) is 1. The Morgan fingerprint density at radius 3 is 2.72 bits per heavy atom. The van der Waals surface area contributed by atoms with Crippen LogP contribution in [0.1, 0.15) is 10.4 Å². The van der Waals surface area contributed by atoms with Crippen molar-refractivity contribution in [3.63, 3.8) is 0 Å². The van der Waals surface area contributed by atoms with Crippen LogP contribution in [0.4, 0.5) is 10.1 Å². The molecular formula is C12H13FN2O3. The minimum atomic E-state index is -1.17. The molecule has 0 radical (unpaired) electrons. The molecule has 0 atom stereocenters. The molecule has 6 heteroatoms. The Balaban J connectivity index is 3.04. The average molecular weight is 252 g/mol. The highest BCUT2D eigenvalue weighted by atomic mass is 19.1. The molecule has 0 fully saturated rings. The molecule has 0 aliphatic carbocycles. The second-order valence-corrected chi connectivity index (χ2v) is 3.60. The van der Waals surface area contributed by atoms with E-state index in [0.29, 0.717) is 0 Å². The molecule has 0 spiro atoms. The second kappa shape index (κ2) is 5.81. The van der Waals surface area contributed by atoms with Gasteiger partial charge in [0.2, 0.25) is 0 Å². The van der Waals surface area contributed by atoms with Crippen molar-refractivity contribution < 1.29 is 19.1 Å². The lowest BCUT2D eigenvalue weighted by Crippen LogP contribution is -2.36. The number of anilines is 1. The molecule has 0 aromatic heterocycles. The minimum Gasteiger partial charge on any atom is -0.480 e. The molecule has 1 amide bonds. The number of benzene rings is 1. The van der Waals surface area contributed by atoms with Gasteiger partial charge < -0.3 is 15.7 Å². The molecule has 0 aliphatic rings. The van der Waals surface area contributed by atoms with Crippen molar-refractivity contribution in [3.8, 4) is 0 Å². The Hall–Kier alpha value is -2.37. The molecule has 0 aliphatic heterocycles. The maximum absolute atomic E-state index is 13.1. The summed E-state index contributed by atoms with van der Waals surface area (Å²) in [6, 6.07) is 3.37. The van der Waals surface area contributed by atoms with Crippen LogP contribution in [-0.4, -0.2) is 35.0 Å². The molecule has 5 nitrogen and oxygen atoms in total. The molecular weight excluding hydrogens is 239 g/mol. The number of nitrogens with two attached hydrogens (primary N) is 1. The van der Waals surface area contributed by atoms with E-state index in [9.17, 15) is 14.0 Å². The van der Waals surface area contributed by atoms with E-state index in [1.54, 1.807) is 0 Å². The van der Waals surface area contributed by atoms with Crippen LogP contribution in [0, 0.1) is 5.82 Å². The number of nitrogens with zero attached hydrogens (tertiary/aromatic N) is 1. The highest BCUT2D eigenvalue weighted by Gasteiger charge is 2.19. The lowest BCUT2D eigenvalue weighted by molar-refractivity contribution is -0.137. The fourth-order valence-electron chi connectivity index (χ4n) is 1.42. The number of carbonyl (C=O) groups excluding carboxylic acids is 1. The zero-order chi connectivity index (χ0) is 13.7. The van der Waals surface area contributed by atoms with Crippen LogP contribution in [0.25, 0.3) is 0 Å². The van der Waals surface area contributed by atoms with Crippen LogP contribution >= 0.6 is 0 Å². The Labute approximate surface area is 103 Å². The van der Waals surface area contributed by atoms with E-state index in [4.69, 9.17) is 10.8 Å². The van der Waals surface area contributed by atoms with E-state index in [1.807, 2.05) is 0 Å². The minimum absolute atomic E-state index is 0.0427. The summed E-state index contributed by atoms with van der Waals surface area (Å²) in [5, 5.41) is 8.70. The zero-order valence-electron chi connectivity index (χ0n) is 9.60. The number of rotatable bonds is 5. The summed E-state index contributed by atoms with van der Waals surface area (Å²) in [6.45, 7) is 2.98. The van der Waals surface area contributed by atoms with Gasteiger partial charge in [-0.15, -0.1) is 6.58 Å². The van der Waals surface area contributed by atoms with Crippen LogP contribution in [0.15, 0.2) is 30.9 Å². The zero-order valence-corrected chi connectivity index (χ0v) is 9.60. The van der Waals surface area contributed by atoms with Crippen molar-refractivity contribution in [3.05, 3.63) is 42.2 Å².